The predicted molar refractivity (Wildman–Crippen MR) is 96.6 cm³/mol. The molecule has 2 aromatic heterocycles. The zero-order valence-corrected chi connectivity index (χ0v) is 14.4. The van der Waals surface area contributed by atoms with Gasteiger partial charge < -0.3 is 19.8 Å². The summed E-state index contributed by atoms with van der Waals surface area (Å²) < 4.78 is 7.40. The molecule has 0 aliphatic carbocycles. The highest BCUT2D eigenvalue weighted by atomic mass is 32.1. The maximum absolute atomic E-state index is 11.5. The quantitative estimate of drug-likeness (QED) is 0.515. The predicted octanol–water partition coefficient (Wildman–Crippen LogP) is 3.60. The summed E-state index contributed by atoms with van der Waals surface area (Å²) in [6.07, 6.45) is 3.58. The number of rotatable bonds is 5. The van der Waals surface area contributed by atoms with Crippen LogP contribution in [0.15, 0.2) is 41.9 Å². The molecule has 0 bridgehead atoms. The highest BCUT2D eigenvalue weighted by Gasteiger charge is 2.30. The molecule has 0 radical (unpaired) electrons. The molecule has 0 atom stereocenters. The number of aromatic nitrogens is 2. The first-order valence-electron chi connectivity index (χ1n) is 8.25. The SMILES string of the molecule is O=[N+]([O-])c1c(N2CCC(COc3ccccc3)CC2)nc2sccn12. The minimum Gasteiger partial charge on any atom is -0.493 e. The van der Waals surface area contributed by atoms with Crippen molar-refractivity contribution in [2.24, 2.45) is 5.92 Å². The normalized spacial score (nSPS) is 15.6. The Labute approximate surface area is 148 Å². The van der Waals surface area contributed by atoms with Gasteiger partial charge in [-0.05, 0) is 35.8 Å². The van der Waals surface area contributed by atoms with Crippen LogP contribution in [0.2, 0.25) is 0 Å². The number of hydrogen-bond acceptors (Lipinski definition) is 6. The Balaban J connectivity index is 1.41. The summed E-state index contributed by atoms with van der Waals surface area (Å²) in [5, 5.41) is 13.3. The van der Waals surface area contributed by atoms with Gasteiger partial charge in [-0.1, -0.05) is 29.5 Å². The zero-order chi connectivity index (χ0) is 17.2. The van der Waals surface area contributed by atoms with Gasteiger partial charge in [-0.2, -0.15) is 9.38 Å². The van der Waals surface area contributed by atoms with Crippen molar-refractivity contribution >= 4 is 27.9 Å². The fourth-order valence-corrected chi connectivity index (χ4v) is 3.89. The number of benzene rings is 1. The van der Waals surface area contributed by atoms with Crippen molar-refractivity contribution in [2.45, 2.75) is 12.8 Å². The van der Waals surface area contributed by atoms with Gasteiger partial charge >= 0.3 is 5.82 Å². The molecule has 1 aliphatic heterocycles. The lowest BCUT2D eigenvalue weighted by molar-refractivity contribution is -0.389. The number of para-hydroxylation sites is 1. The van der Waals surface area contributed by atoms with E-state index in [1.165, 1.54) is 11.3 Å². The number of anilines is 1. The van der Waals surface area contributed by atoms with Crippen LogP contribution in [0, 0.1) is 16.0 Å². The lowest BCUT2D eigenvalue weighted by Crippen LogP contribution is -2.36. The van der Waals surface area contributed by atoms with Crippen LogP contribution in [-0.4, -0.2) is 34.0 Å². The number of nitro groups is 1. The van der Waals surface area contributed by atoms with Gasteiger partial charge in [-0.25, -0.2) is 0 Å². The highest BCUT2D eigenvalue weighted by Crippen LogP contribution is 2.33. The molecule has 7 nitrogen and oxygen atoms in total. The third kappa shape index (κ3) is 3.17. The fourth-order valence-electron chi connectivity index (χ4n) is 3.19. The van der Waals surface area contributed by atoms with Crippen molar-refractivity contribution in [3.05, 3.63) is 52.0 Å². The molecule has 0 amide bonds. The topological polar surface area (TPSA) is 72.9 Å². The summed E-state index contributed by atoms with van der Waals surface area (Å²) in [6, 6.07) is 9.80. The van der Waals surface area contributed by atoms with Gasteiger partial charge in [0.1, 0.15) is 11.9 Å². The molecule has 3 heterocycles. The zero-order valence-electron chi connectivity index (χ0n) is 13.6. The summed E-state index contributed by atoms with van der Waals surface area (Å²) >= 11 is 1.41. The van der Waals surface area contributed by atoms with Gasteiger partial charge in [-0.3, -0.25) is 0 Å². The second kappa shape index (κ2) is 6.72. The number of nitrogens with zero attached hydrogens (tertiary/aromatic N) is 4. The molecule has 25 heavy (non-hydrogen) atoms. The van der Waals surface area contributed by atoms with Crippen molar-refractivity contribution in [3.63, 3.8) is 0 Å². The van der Waals surface area contributed by atoms with Crippen LogP contribution < -0.4 is 9.64 Å². The summed E-state index contributed by atoms with van der Waals surface area (Å²) in [5.41, 5.74) is 0. The lowest BCUT2D eigenvalue weighted by Gasteiger charge is -2.31. The summed E-state index contributed by atoms with van der Waals surface area (Å²) in [7, 11) is 0. The first kappa shape index (κ1) is 15.9. The van der Waals surface area contributed by atoms with E-state index in [1.54, 1.807) is 10.6 Å². The number of piperidine rings is 1. The van der Waals surface area contributed by atoms with Gasteiger partial charge in [0.25, 0.3) is 4.96 Å². The van der Waals surface area contributed by atoms with Crippen LogP contribution in [0.3, 0.4) is 0 Å². The first-order valence-corrected chi connectivity index (χ1v) is 9.13. The number of hydrogen-bond donors (Lipinski definition) is 0. The molecular formula is C17H18N4O3S. The molecule has 1 saturated heterocycles. The van der Waals surface area contributed by atoms with Crippen LogP contribution in [0.4, 0.5) is 11.6 Å². The molecule has 130 valence electrons. The first-order chi connectivity index (χ1) is 12.2. The Bertz CT molecular complexity index is 869. The van der Waals surface area contributed by atoms with Crippen LogP contribution >= 0.6 is 11.3 Å². The number of imidazole rings is 1. The van der Waals surface area contributed by atoms with E-state index < -0.39 is 0 Å². The molecule has 0 unspecified atom stereocenters. The van der Waals surface area contributed by atoms with Crippen molar-refractivity contribution < 1.29 is 9.66 Å². The van der Waals surface area contributed by atoms with E-state index >= 15 is 0 Å². The molecule has 1 aliphatic rings. The number of fused-ring (bicyclic) bond motifs is 1. The second-order valence-corrected chi connectivity index (χ2v) is 7.00. The Hall–Kier alpha value is -2.61. The largest absolute Gasteiger partial charge is 0.493 e. The summed E-state index contributed by atoms with van der Waals surface area (Å²) in [4.78, 5) is 18.3. The average molecular weight is 358 g/mol. The Morgan fingerprint density at radius 2 is 2.04 bits per heavy atom. The summed E-state index contributed by atoms with van der Waals surface area (Å²) in [6.45, 7) is 2.20. The minimum absolute atomic E-state index is 0.0650. The van der Waals surface area contributed by atoms with E-state index in [4.69, 9.17) is 4.74 Å². The molecule has 3 aromatic rings. The van der Waals surface area contributed by atoms with Crippen LogP contribution in [0.5, 0.6) is 5.75 Å². The van der Waals surface area contributed by atoms with E-state index in [0.29, 0.717) is 23.3 Å². The third-order valence-electron chi connectivity index (χ3n) is 4.54. The lowest BCUT2D eigenvalue weighted by atomic mass is 9.98. The van der Waals surface area contributed by atoms with E-state index in [-0.39, 0.29) is 10.7 Å². The molecule has 0 N–H and O–H groups in total. The molecular weight excluding hydrogens is 340 g/mol. The number of ether oxygens (including phenoxy) is 1. The molecule has 1 fully saturated rings. The number of thiazole rings is 1. The minimum atomic E-state index is -0.341. The second-order valence-electron chi connectivity index (χ2n) is 6.13. The van der Waals surface area contributed by atoms with Gasteiger partial charge in [0.05, 0.1) is 6.61 Å². The highest BCUT2D eigenvalue weighted by molar-refractivity contribution is 7.15. The molecule has 0 saturated carbocycles. The molecule has 8 heteroatoms. The van der Waals surface area contributed by atoms with E-state index in [1.807, 2.05) is 40.6 Å². The van der Waals surface area contributed by atoms with Gasteiger partial charge in [0, 0.05) is 18.5 Å². The van der Waals surface area contributed by atoms with Crippen molar-refractivity contribution in [3.8, 4) is 5.75 Å². The van der Waals surface area contributed by atoms with Crippen molar-refractivity contribution in [1.29, 1.82) is 0 Å². The monoisotopic (exact) mass is 358 g/mol. The summed E-state index contributed by atoms with van der Waals surface area (Å²) in [5.74, 6) is 1.89. The maximum atomic E-state index is 11.5. The third-order valence-corrected chi connectivity index (χ3v) is 5.29. The Kier molecular flexibility index (Phi) is 4.27. The van der Waals surface area contributed by atoms with Crippen molar-refractivity contribution in [2.75, 3.05) is 24.6 Å². The van der Waals surface area contributed by atoms with Gasteiger partial charge in [-0.15, -0.1) is 0 Å². The average Bonchev–Trinajstić information content (AvgIpc) is 3.22. The van der Waals surface area contributed by atoms with Gasteiger partial charge in [0.15, 0.2) is 0 Å². The Morgan fingerprint density at radius 3 is 2.76 bits per heavy atom. The standard InChI is InChI=1S/C17H18N4O3S/c22-21(23)16-15(18-17-20(16)10-11-25-17)19-8-6-13(7-9-19)12-24-14-4-2-1-3-5-14/h1-5,10-11,13H,6-9,12H2. The molecule has 4 rings (SSSR count). The molecule has 1 aromatic carbocycles. The fraction of sp³-hybridized carbons (Fsp3) is 0.353. The van der Waals surface area contributed by atoms with Crippen molar-refractivity contribution in [1.82, 2.24) is 9.38 Å². The maximum Gasteiger partial charge on any atom is 0.373 e. The van der Waals surface area contributed by atoms with Crippen LogP contribution in [0.1, 0.15) is 12.8 Å². The van der Waals surface area contributed by atoms with E-state index in [2.05, 4.69) is 4.98 Å². The van der Waals surface area contributed by atoms with Crippen LogP contribution in [-0.2, 0) is 0 Å². The molecule has 0 spiro atoms. The van der Waals surface area contributed by atoms with Crippen LogP contribution in [0.25, 0.3) is 4.96 Å². The van der Waals surface area contributed by atoms with E-state index in [0.717, 1.165) is 31.7 Å². The smallest absolute Gasteiger partial charge is 0.373 e. The van der Waals surface area contributed by atoms with Gasteiger partial charge in [0.2, 0.25) is 5.82 Å². The Morgan fingerprint density at radius 1 is 1.28 bits per heavy atom. The van der Waals surface area contributed by atoms with E-state index in [9.17, 15) is 10.1 Å².